The first-order valence-electron chi connectivity index (χ1n) is 6.04. The van der Waals surface area contributed by atoms with E-state index in [2.05, 4.69) is 13.8 Å². The predicted molar refractivity (Wildman–Crippen MR) is 65.2 cm³/mol. The van der Waals surface area contributed by atoms with E-state index in [0.717, 1.165) is 19.3 Å². The van der Waals surface area contributed by atoms with Crippen molar-refractivity contribution in [1.29, 1.82) is 0 Å². The van der Waals surface area contributed by atoms with Gasteiger partial charge in [0.05, 0.1) is 12.2 Å². The number of sulfonamides is 1. The van der Waals surface area contributed by atoms with Crippen LogP contribution < -0.4 is 0 Å². The van der Waals surface area contributed by atoms with Gasteiger partial charge in [0.15, 0.2) is 0 Å². The second-order valence-corrected chi connectivity index (χ2v) is 7.03. The molecule has 1 N–H and O–H groups in total. The van der Waals surface area contributed by atoms with Gasteiger partial charge in [0.1, 0.15) is 0 Å². The standard InChI is InChI=1S/C11H21NO4S/c1-9(2)5-7-12(10-3-4-10)17(15,16)8-6-11(13)14/h9-10H,3-8H2,1-2H3,(H,13,14). The summed E-state index contributed by atoms with van der Waals surface area (Å²) in [4.78, 5) is 10.4. The highest BCUT2D eigenvalue weighted by Gasteiger charge is 2.36. The highest BCUT2D eigenvalue weighted by atomic mass is 32.2. The van der Waals surface area contributed by atoms with Crippen LogP contribution in [0.4, 0.5) is 0 Å². The first kappa shape index (κ1) is 14.4. The van der Waals surface area contributed by atoms with E-state index in [1.54, 1.807) is 0 Å². The van der Waals surface area contributed by atoms with Crippen molar-refractivity contribution in [3.63, 3.8) is 0 Å². The Labute approximate surface area is 103 Å². The summed E-state index contributed by atoms with van der Waals surface area (Å²) in [6.45, 7) is 4.62. The quantitative estimate of drug-likeness (QED) is 0.716. The third-order valence-electron chi connectivity index (χ3n) is 2.81. The maximum atomic E-state index is 12.0. The van der Waals surface area contributed by atoms with Crippen LogP contribution in [-0.4, -0.2) is 42.1 Å². The van der Waals surface area contributed by atoms with Crippen molar-refractivity contribution in [2.24, 2.45) is 5.92 Å². The van der Waals surface area contributed by atoms with Gasteiger partial charge in [-0.15, -0.1) is 0 Å². The van der Waals surface area contributed by atoms with Gasteiger partial charge < -0.3 is 5.11 Å². The summed E-state index contributed by atoms with van der Waals surface area (Å²) in [5, 5.41) is 8.55. The first-order valence-corrected chi connectivity index (χ1v) is 7.65. The van der Waals surface area contributed by atoms with Crippen molar-refractivity contribution in [2.45, 2.75) is 45.6 Å². The normalized spacial score (nSPS) is 16.7. The minimum atomic E-state index is -3.40. The van der Waals surface area contributed by atoms with Crippen LogP contribution in [0.25, 0.3) is 0 Å². The Kier molecular flexibility index (Phi) is 4.94. The molecule has 0 saturated heterocycles. The zero-order valence-corrected chi connectivity index (χ0v) is 11.2. The van der Waals surface area contributed by atoms with Gasteiger partial charge >= 0.3 is 5.97 Å². The van der Waals surface area contributed by atoms with E-state index in [1.165, 1.54) is 4.31 Å². The molecule has 0 aliphatic heterocycles. The second kappa shape index (κ2) is 5.82. The number of carboxylic acids is 1. The Balaban J connectivity index is 2.58. The van der Waals surface area contributed by atoms with Crippen molar-refractivity contribution < 1.29 is 18.3 Å². The van der Waals surface area contributed by atoms with Gasteiger partial charge in [-0.3, -0.25) is 4.79 Å². The second-order valence-electron chi connectivity index (χ2n) is 4.98. The topological polar surface area (TPSA) is 74.7 Å². The molecule has 0 amide bonds. The SMILES string of the molecule is CC(C)CCN(C1CC1)S(=O)(=O)CCC(=O)O. The molecule has 1 saturated carbocycles. The third kappa shape index (κ3) is 5.04. The van der Waals surface area contributed by atoms with Crippen LogP contribution in [0.1, 0.15) is 39.5 Å². The minimum Gasteiger partial charge on any atom is -0.481 e. The summed E-state index contributed by atoms with van der Waals surface area (Å²) in [7, 11) is -3.40. The molecule has 0 bridgehead atoms. The lowest BCUT2D eigenvalue weighted by molar-refractivity contribution is -0.136. The summed E-state index contributed by atoms with van der Waals surface area (Å²) < 4.78 is 25.5. The van der Waals surface area contributed by atoms with E-state index in [0.29, 0.717) is 12.5 Å². The Bertz CT molecular complexity index is 360. The molecule has 0 spiro atoms. The molecule has 0 aromatic carbocycles. The highest BCUT2D eigenvalue weighted by molar-refractivity contribution is 7.89. The molecule has 5 nitrogen and oxygen atoms in total. The summed E-state index contributed by atoms with van der Waals surface area (Å²) in [6, 6.07) is 0.118. The largest absolute Gasteiger partial charge is 0.481 e. The molecule has 0 unspecified atom stereocenters. The molecular weight excluding hydrogens is 242 g/mol. The lowest BCUT2D eigenvalue weighted by Gasteiger charge is -2.22. The van der Waals surface area contributed by atoms with Gasteiger partial charge in [-0.25, -0.2) is 8.42 Å². The molecule has 0 aromatic rings. The number of aliphatic carboxylic acids is 1. The van der Waals surface area contributed by atoms with Crippen molar-refractivity contribution in [1.82, 2.24) is 4.31 Å². The van der Waals surface area contributed by atoms with Crippen molar-refractivity contribution >= 4 is 16.0 Å². The molecular formula is C11H21NO4S. The number of nitrogens with zero attached hydrogens (tertiary/aromatic N) is 1. The molecule has 1 fully saturated rings. The molecule has 1 rings (SSSR count). The number of hydrogen-bond donors (Lipinski definition) is 1. The number of rotatable bonds is 8. The smallest absolute Gasteiger partial charge is 0.304 e. The van der Waals surface area contributed by atoms with E-state index in [4.69, 9.17) is 5.11 Å². The maximum Gasteiger partial charge on any atom is 0.304 e. The monoisotopic (exact) mass is 263 g/mol. The fourth-order valence-corrected chi connectivity index (χ4v) is 3.35. The van der Waals surface area contributed by atoms with Gasteiger partial charge in [-0.2, -0.15) is 4.31 Å². The van der Waals surface area contributed by atoms with Crippen LogP contribution in [0.15, 0.2) is 0 Å². The molecule has 100 valence electrons. The van der Waals surface area contributed by atoms with E-state index < -0.39 is 16.0 Å². The molecule has 1 aliphatic rings. The molecule has 6 heteroatoms. The zero-order chi connectivity index (χ0) is 13.1. The molecule has 1 aliphatic carbocycles. The highest BCUT2D eigenvalue weighted by Crippen LogP contribution is 2.30. The average Bonchev–Trinajstić information content (AvgIpc) is 2.98. The van der Waals surface area contributed by atoms with Crippen molar-refractivity contribution in [3.05, 3.63) is 0 Å². The average molecular weight is 263 g/mol. The van der Waals surface area contributed by atoms with Crippen LogP contribution in [0.2, 0.25) is 0 Å². The Morgan fingerprint density at radius 1 is 1.41 bits per heavy atom. The van der Waals surface area contributed by atoms with Crippen LogP contribution in [0.3, 0.4) is 0 Å². The Morgan fingerprint density at radius 2 is 2.00 bits per heavy atom. The number of carbonyl (C=O) groups is 1. The van der Waals surface area contributed by atoms with Crippen molar-refractivity contribution in [3.8, 4) is 0 Å². The summed E-state index contributed by atoms with van der Waals surface area (Å²) in [6.07, 6.45) is 2.32. The van der Waals surface area contributed by atoms with E-state index in [1.807, 2.05) is 0 Å². The molecule has 0 aromatic heterocycles. The lowest BCUT2D eigenvalue weighted by Crippen LogP contribution is -2.36. The Morgan fingerprint density at radius 3 is 2.41 bits per heavy atom. The molecule has 0 radical (unpaired) electrons. The van der Waals surface area contributed by atoms with E-state index >= 15 is 0 Å². The minimum absolute atomic E-state index is 0.118. The van der Waals surface area contributed by atoms with Gasteiger partial charge in [0.2, 0.25) is 10.0 Å². The summed E-state index contributed by atoms with van der Waals surface area (Å²) in [5.74, 6) is -0.893. The van der Waals surface area contributed by atoms with Gasteiger partial charge in [-0.05, 0) is 25.2 Å². The molecule has 0 heterocycles. The molecule has 17 heavy (non-hydrogen) atoms. The lowest BCUT2D eigenvalue weighted by atomic mass is 10.1. The number of carboxylic acid groups (broad SMARTS) is 1. The van der Waals surface area contributed by atoms with Crippen LogP contribution in [-0.2, 0) is 14.8 Å². The van der Waals surface area contributed by atoms with Crippen LogP contribution >= 0.6 is 0 Å². The fourth-order valence-electron chi connectivity index (χ4n) is 1.63. The summed E-state index contributed by atoms with van der Waals surface area (Å²) >= 11 is 0. The van der Waals surface area contributed by atoms with Crippen LogP contribution in [0, 0.1) is 5.92 Å². The van der Waals surface area contributed by atoms with E-state index in [9.17, 15) is 13.2 Å². The van der Waals surface area contributed by atoms with E-state index in [-0.39, 0.29) is 18.2 Å². The van der Waals surface area contributed by atoms with Gasteiger partial charge in [-0.1, -0.05) is 13.8 Å². The maximum absolute atomic E-state index is 12.0. The molecule has 0 atom stereocenters. The fraction of sp³-hybridized carbons (Fsp3) is 0.909. The van der Waals surface area contributed by atoms with Gasteiger partial charge in [0.25, 0.3) is 0 Å². The predicted octanol–water partition coefficient (Wildman–Crippen LogP) is 1.30. The van der Waals surface area contributed by atoms with Crippen LogP contribution in [0.5, 0.6) is 0 Å². The van der Waals surface area contributed by atoms with Gasteiger partial charge in [0, 0.05) is 12.6 Å². The Hall–Kier alpha value is -0.620. The number of hydrogen-bond acceptors (Lipinski definition) is 3. The van der Waals surface area contributed by atoms with Crippen molar-refractivity contribution in [2.75, 3.05) is 12.3 Å². The third-order valence-corrected chi connectivity index (χ3v) is 4.73. The first-order chi connectivity index (χ1) is 7.83. The zero-order valence-electron chi connectivity index (χ0n) is 10.4. The summed E-state index contributed by atoms with van der Waals surface area (Å²) in [5.41, 5.74) is 0.